The molecule has 1 aliphatic rings. The number of urea groups is 1. The fourth-order valence-corrected chi connectivity index (χ4v) is 2.89. The van der Waals surface area contributed by atoms with E-state index in [2.05, 4.69) is 12.2 Å². The molecule has 1 unspecified atom stereocenters. The zero-order valence-electron chi connectivity index (χ0n) is 11.7. The van der Waals surface area contributed by atoms with Crippen molar-refractivity contribution < 1.29 is 14.7 Å². The van der Waals surface area contributed by atoms with Crippen LogP contribution in [0.4, 0.5) is 4.79 Å². The molecule has 5 nitrogen and oxygen atoms in total. The average Bonchev–Trinajstić information content (AvgIpc) is 2.42. The monoisotopic (exact) mass is 288 g/mol. The summed E-state index contributed by atoms with van der Waals surface area (Å²) in [4.78, 5) is 25.1. The average molecular weight is 288 g/mol. The van der Waals surface area contributed by atoms with E-state index in [1.165, 1.54) is 0 Å². The van der Waals surface area contributed by atoms with Crippen molar-refractivity contribution in [3.63, 3.8) is 0 Å². The number of carbonyl (C=O) groups excluding carboxylic acids is 1. The summed E-state index contributed by atoms with van der Waals surface area (Å²) in [5.74, 6) is -0.221. The van der Waals surface area contributed by atoms with Gasteiger partial charge >= 0.3 is 12.0 Å². The van der Waals surface area contributed by atoms with E-state index >= 15 is 0 Å². The van der Waals surface area contributed by atoms with E-state index in [1.807, 2.05) is 6.26 Å². The molecule has 0 spiro atoms. The standard InChI is InChI=1S/C13H24N2O3S/c1-3-10-6-4-5-8-15(10)13(18)14-11(12(16)17)7-9-19-2/h10-11H,3-9H2,1-2H3,(H,14,18)(H,16,17)/t10?,11-/m0/s1. The molecule has 110 valence electrons. The Morgan fingerprint density at radius 1 is 1.47 bits per heavy atom. The first kappa shape index (κ1) is 16.1. The molecule has 1 fully saturated rings. The Kier molecular flexibility index (Phi) is 7.05. The number of carboxylic acid groups (broad SMARTS) is 1. The van der Waals surface area contributed by atoms with E-state index in [9.17, 15) is 9.59 Å². The molecular formula is C13H24N2O3S. The number of rotatable bonds is 6. The van der Waals surface area contributed by atoms with Crippen LogP contribution in [-0.4, -0.2) is 52.6 Å². The van der Waals surface area contributed by atoms with Crippen LogP contribution in [0.5, 0.6) is 0 Å². The molecule has 6 heteroatoms. The van der Waals surface area contributed by atoms with Crippen LogP contribution in [0, 0.1) is 0 Å². The number of thioether (sulfide) groups is 1. The number of amides is 2. The fourth-order valence-electron chi connectivity index (χ4n) is 2.42. The SMILES string of the molecule is CCC1CCCCN1C(=O)N[C@@H](CCSC)C(=O)O. The first-order valence-electron chi connectivity index (χ1n) is 6.89. The number of aliphatic carboxylic acids is 1. The van der Waals surface area contributed by atoms with Gasteiger partial charge in [0, 0.05) is 12.6 Å². The number of hydrogen-bond acceptors (Lipinski definition) is 3. The van der Waals surface area contributed by atoms with Gasteiger partial charge in [-0.3, -0.25) is 0 Å². The summed E-state index contributed by atoms with van der Waals surface area (Å²) >= 11 is 1.59. The van der Waals surface area contributed by atoms with Gasteiger partial charge < -0.3 is 15.3 Å². The van der Waals surface area contributed by atoms with Gasteiger partial charge in [0.1, 0.15) is 6.04 Å². The molecule has 2 amide bonds. The maximum Gasteiger partial charge on any atom is 0.326 e. The van der Waals surface area contributed by atoms with Gasteiger partial charge in [-0.1, -0.05) is 6.92 Å². The van der Waals surface area contributed by atoms with Crippen LogP contribution in [0.2, 0.25) is 0 Å². The third-order valence-corrected chi connectivity index (χ3v) is 4.21. The van der Waals surface area contributed by atoms with E-state index in [4.69, 9.17) is 5.11 Å². The summed E-state index contributed by atoms with van der Waals surface area (Å²) in [6.07, 6.45) is 6.50. The van der Waals surface area contributed by atoms with Crippen LogP contribution in [0.15, 0.2) is 0 Å². The van der Waals surface area contributed by atoms with Gasteiger partial charge in [0.25, 0.3) is 0 Å². The van der Waals surface area contributed by atoms with E-state index in [0.717, 1.165) is 38.0 Å². The number of carboxylic acids is 1. The lowest BCUT2D eigenvalue weighted by Gasteiger charge is -2.35. The maximum absolute atomic E-state index is 12.2. The molecule has 1 saturated heterocycles. The van der Waals surface area contributed by atoms with Crippen LogP contribution < -0.4 is 5.32 Å². The van der Waals surface area contributed by atoms with Crippen molar-refractivity contribution in [3.05, 3.63) is 0 Å². The fraction of sp³-hybridized carbons (Fsp3) is 0.846. The summed E-state index contributed by atoms with van der Waals surface area (Å²) in [6.45, 7) is 2.80. The van der Waals surface area contributed by atoms with E-state index in [-0.39, 0.29) is 12.1 Å². The second-order valence-electron chi connectivity index (χ2n) is 4.87. The highest BCUT2D eigenvalue weighted by molar-refractivity contribution is 7.98. The number of piperidine rings is 1. The largest absolute Gasteiger partial charge is 0.480 e. The lowest BCUT2D eigenvalue weighted by molar-refractivity contribution is -0.139. The highest BCUT2D eigenvalue weighted by Gasteiger charge is 2.28. The lowest BCUT2D eigenvalue weighted by Crippen LogP contribution is -2.52. The molecule has 0 aliphatic carbocycles. The highest BCUT2D eigenvalue weighted by atomic mass is 32.2. The first-order chi connectivity index (χ1) is 9.10. The van der Waals surface area contributed by atoms with Gasteiger partial charge in [-0.05, 0) is 44.1 Å². The van der Waals surface area contributed by atoms with Crippen LogP contribution in [-0.2, 0) is 4.79 Å². The van der Waals surface area contributed by atoms with Gasteiger partial charge in [-0.15, -0.1) is 0 Å². The second kappa shape index (κ2) is 8.30. The van der Waals surface area contributed by atoms with Crippen LogP contribution in [0.1, 0.15) is 39.0 Å². The lowest BCUT2D eigenvalue weighted by atomic mass is 10.0. The van der Waals surface area contributed by atoms with Crippen molar-refractivity contribution in [2.24, 2.45) is 0 Å². The maximum atomic E-state index is 12.2. The summed E-state index contributed by atoms with van der Waals surface area (Å²) in [6, 6.07) is -0.747. The van der Waals surface area contributed by atoms with Crippen molar-refractivity contribution in [2.45, 2.75) is 51.1 Å². The molecule has 0 aromatic rings. The predicted molar refractivity (Wildman–Crippen MR) is 77.6 cm³/mol. The van der Waals surface area contributed by atoms with Gasteiger partial charge in [-0.2, -0.15) is 11.8 Å². The van der Waals surface area contributed by atoms with Crippen molar-refractivity contribution in [2.75, 3.05) is 18.6 Å². The Bertz CT molecular complexity index is 312. The van der Waals surface area contributed by atoms with Gasteiger partial charge in [0.05, 0.1) is 0 Å². The number of nitrogens with one attached hydrogen (secondary N) is 1. The molecule has 2 N–H and O–H groups in total. The molecule has 0 aromatic carbocycles. The smallest absolute Gasteiger partial charge is 0.326 e. The van der Waals surface area contributed by atoms with Crippen molar-refractivity contribution in [1.82, 2.24) is 10.2 Å². The molecule has 1 rings (SSSR count). The predicted octanol–water partition coefficient (Wildman–Crippen LogP) is 2.17. The third-order valence-electron chi connectivity index (χ3n) is 3.57. The highest BCUT2D eigenvalue weighted by Crippen LogP contribution is 2.19. The molecule has 0 bridgehead atoms. The Morgan fingerprint density at radius 2 is 2.21 bits per heavy atom. The normalized spacial score (nSPS) is 20.9. The van der Waals surface area contributed by atoms with Crippen LogP contribution in [0.3, 0.4) is 0 Å². The van der Waals surface area contributed by atoms with Gasteiger partial charge in [-0.25, -0.2) is 9.59 Å². The Morgan fingerprint density at radius 3 is 2.79 bits per heavy atom. The summed E-state index contributed by atoms with van der Waals surface area (Å²) in [5, 5.41) is 11.8. The second-order valence-corrected chi connectivity index (χ2v) is 5.86. The minimum absolute atomic E-state index is 0.222. The topological polar surface area (TPSA) is 69.6 Å². The van der Waals surface area contributed by atoms with Crippen LogP contribution in [0.25, 0.3) is 0 Å². The number of nitrogens with zero attached hydrogens (tertiary/aromatic N) is 1. The van der Waals surface area contributed by atoms with E-state index < -0.39 is 12.0 Å². The van der Waals surface area contributed by atoms with Crippen LogP contribution >= 0.6 is 11.8 Å². The molecule has 0 radical (unpaired) electrons. The van der Waals surface area contributed by atoms with Gasteiger partial charge in [0.2, 0.25) is 0 Å². The number of hydrogen-bond donors (Lipinski definition) is 2. The van der Waals surface area contributed by atoms with Crippen molar-refractivity contribution in [1.29, 1.82) is 0 Å². The third kappa shape index (κ3) is 4.93. The van der Waals surface area contributed by atoms with Crippen molar-refractivity contribution in [3.8, 4) is 0 Å². The van der Waals surface area contributed by atoms with E-state index in [0.29, 0.717) is 6.42 Å². The Labute approximate surface area is 119 Å². The number of likely N-dealkylation sites (tertiary alicyclic amines) is 1. The summed E-state index contributed by atoms with van der Waals surface area (Å²) in [5.41, 5.74) is 0. The summed E-state index contributed by atoms with van der Waals surface area (Å²) < 4.78 is 0. The van der Waals surface area contributed by atoms with Crippen molar-refractivity contribution >= 4 is 23.8 Å². The number of carbonyl (C=O) groups is 2. The minimum atomic E-state index is -0.951. The van der Waals surface area contributed by atoms with E-state index in [1.54, 1.807) is 16.7 Å². The molecule has 0 saturated carbocycles. The minimum Gasteiger partial charge on any atom is -0.480 e. The molecule has 19 heavy (non-hydrogen) atoms. The molecule has 2 atom stereocenters. The molecule has 1 heterocycles. The molecular weight excluding hydrogens is 264 g/mol. The molecule has 0 aromatic heterocycles. The Hall–Kier alpha value is -0.910. The van der Waals surface area contributed by atoms with Gasteiger partial charge in [0.15, 0.2) is 0 Å². The zero-order chi connectivity index (χ0) is 14.3. The summed E-state index contributed by atoms with van der Waals surface area (Å²) in [7, 11) is 0. The zero-order valence-corrected chi connectivity index (χ0v) is 12.5. The first-order valence-corrected chi connectivity index (χ1v) is 8.28. The molecule has 1 aliphatic heterocycles. The quantitative estimate of drug-likeness (QED) is 0.786. The Balaban J connectivity index is 2.56.